The largest absolute Gasteiger partial charge is 0.388 e. The molecule has 0 bridgehead atoms. The lowest BCUT2D eigenvalue weighted by molar-refractivity contribution is 0.0649. The van der Waals surface area contributed by atoms with E-state index in [-0.39, 0.29) is 6.04 Å². The first-order valence-corrected chi connectivity index (χ1v) is 6.02. The molecule has 0 aromatic heterocycles. The fourth-order valence-corrected chi connectivity index (χ4v) is 1.55. The van der Waals surface area contributed by atoms with Crippen LogP contribution in [0, 0.1) is 0 Å². The van der Waals surface area contributed by atoms with Gasteiger partial charge in [-0.2, -0.15) is 0 Å². The van der Waals surface area contributed by atoms with Gasteiger partial charge in [0, 0.05) is 12.2 Å². The smallest absolute Gasteiger partial charge is 0.0789 e. The van der Waals surface area contributed by atoms with Crippen molar-refractivity contribution in [3.8, 4) is 0 Å². The van der Waals surface area contributed by atoms with Crippen LogP contribution in [0.3, 0.4) is 0 Å². The Kier molecular flexibility index (Phi) is 4.54. The molecular weight excluding hydrogens is 212 g/mol. The van der Waals surface area contributed by atoms with Gasteiger partial charge in [0.1, 0.15) is 0 Å². The van der Waals surface area contributed by atoms with Crippen LogP contribution in [-0.4, -0.2) is 35.7 Å². The first-order valence-electron chi connectivity index (χ1n) is 6.02. The summed E-state index contributed by atoms with van der Waals surface area (Å²) in [6, 6.07) is 8.23. The highest BCUT2D eigenvalue weighted by Gasteiger charge is 2.22. The summed E-state index contributed by atoms with van der Waals surface area (Å²) in [6.07, 6.45) is 0. The van der Waals surface area contributed by atoms with Crippen molar-refractivity contribution in [2.24, 2.45) is 0 Å². The molecular formula is C14H24N2O. The Bertz CT molecular complexity index is 355. The number of benzene rings is 1. The van der Waals surface area contributed by atoms with Crippen LogP contribution < -0.4 is 5.32 Å². The summed E-state index contributed by atoms with van der Waals surface area (Å²) < 4.78 is 0. The number of nitrogens with zero attached hydrogens (tertiary/aromatic N) is 1. The van der Waals surface area contributed by atoms with Gasteiger partial charge in [-0.1, -0.05) is 18.2 Å². The summed E-state index contributed by atoms with van der Waals surface area (Å²) in [4.78, 5) is 2.13. The minimum absolute atomic E-state index is 0.00538. The van der Waals surface area contributed by atoms with Crippen LogP contribution in [0.15, 0.2) is 24.3 Å². The van der Waals surface area contributed by atoms with Crippen LogP contribution in [0.5, 0.6) is 0 Å². The standard InChI is InChI=1S/C14H24N2O/c1-11(14(2,3)17)15-13-9-7-6-8-12(13)10-16(4)5/h6-9,11,15,17H,10H2,1-5H3. The quantitative estimate of drug-likeness (QED) is 0.823. The molecule has 0 heterocycles. The van der Waals surface area contributed by atoms with Gasteiger partial charge in [0.2, 0.25) is 0 Å². The Morgan fingerprint density at radius 1 is 1.29 bits per heavy atom. The number of nitrogens with one attached hydrogen (secondary N) is 1. The van der Waals surface area contributed by atoms with Crippen LogP contribution in [0.1, 0.15) is 26.3 Å². The molecule has 1 atom stereocenters. The van der Waals surface area contributed by atoms with Gasteiger partial charge in [0.05, 0.1) is 11.6 Å². The van der Waals surface area contributed by atoms with Crippen molar-refractivity contribution in [1.29, 1.82) is 0 Å². The number of rotatable bonds is 5. The number of anilines is 1. The maximum atomic E-state index is 9.95. The van der Waals surface area contributed by atoms with Gasteiger partial charge in [-0.3, -0.25) is 0 Å². The Morgan fingerprint density at radius 2 is 1.88 bits per heavy atom. The Balaban J connectivity index is 2.83. The average Bonchev–Trinajstić information content (AvgIpc) is 2.18. The van der Waals surface area contributed by atoms with Gasteiger partial charge in [0.15, 0.2) is 0 Å². The molecule has 0 aliphatic carbocycles. The molecule has 0 aliphatic heterocycles. The second kappa shape index (κ2) is 5.52. The molecule has 1 unspecified atom stereocenters. The SMILES string of the molecule is CC(Nc1ccccc1CN(C)C)C(C)(C)O. The lowest BCUT2D eigenvalue weighted by Crippen LogP contribution is -2.39. The molecule has 17 heavy (non-hydrogen) atoms. The Labute approximate surface area is 104 Å². The molecule has 3 nitrogen and oxygen atoms in total. The van der Waals surface area contributed by atoms with Crippen LogP contribution in [0.4, 0.5) is 5.69 Å². The molecule has 0 saturated heterocycles. The zero-order chi connectivity index (χ0) is 13.1. The van der Waals surface area contributed by atoms with Gasteiger partial charge < -0.3 is 15.3 Å². The summed E-state index contributed by atoms with van der Waals surface area (Å²) in [5.41, 5.74) is 1.61. The van der Waals surface area contributed by atoms with Crippen molar-refractivity contribution in [3.63, 3.8) is 0 Å². The molecule has 0 saturated carbocycles. The number of aliphatic hydroxyl groups is 1. The highest BCUT2D eigenvalue weighted by Crippen LogP contribution is 2.20. The third-order valence-electron chi connectivity index (χ3n) is 2.94. The van der Waals surface area contributed by atoms with Crippen molar-refractivity contribution in [1.82, 2.24) is 4.90 Å². The van der Waals surface area contributed by atoms with Gasteiger partial charge in [-0.15, -0.1) is 0 Å². The molecule has 1 aromatic rings. The van der Waals surface area contributed by atoms with E-state index >= 15 is 0 Å². The van der Waals surface area contributed by atoms with Gasteiger partial charge in [-0.05, 0) is 46.5 Å². The Morgan fingerprint density at radius 3 is 2.41 bits per heavy atom. The molecule has 0 amide bonds. The van der Waals surface area contributed by atoms with E-state index in [0.29, 0.717) is 0 Å². The minimum Gasteiger partial charge on any atom is -0.388 e. The number of para-hydroxylation sites is 1. The third kappa shape index (κ3) is 4.36. The molecule has 96 valence electrons. The Hall–Kier alpha value is -1.06. The predicted octanol–water partition coefficient (Wildman–Crippen LogP) is 2.32. The van der Waals surface area contributed by atoms with E-state index in [1.807, 2.05) is 32.9 Å². The van der Waals surface area contributed by atoms with Gasteiger partial charge >= 0.3 is 0 Å². The van der Waals surface area contributed by atoms with E-state index in [1.165, 1.54) is 5.56 Å². The van der Waals surface area contributed by atoms with E-state index in [4.69, 9.17) is 0 Å². The summed E-state index contributed by atoms with van der Waals surface area (Å²) >= 11 is 0. The zero-order valence-electron chi connectivity index (χ0n) is 11.5. The first-order chi connectivity index (χ1) is 7.80. The van der Waals surface area contributed by atoms with Crippen LogP contribution in [0.25, 0.3) is 0 Å². The van der Waals surface area contributed by atoms with E-state index in [9.17, 15) is 5.11 Å². The molecule has 1 rings (SSSR count). The van der Waals surface area contributed by atoms with Crippen LogP contribution in [-0.2, 0) is 6.54 Å². The normalized spacial score (nSPS) is 13.8. The maximum absolute atomic E-state index is 9.95. The van der Waals surface area contributed by atoms with E-state index in [2.05, 4.69) is 36.4 Å². The van der Waals surface area contributed by atoms with Crippen LogP contribution in [0.2, 0.25) is 0 Å². The molecule has 0 radical (unpaired) electrons. The highest BCUT2D eigenvalue weighted by atomic mass is 16.3. The molecule has 2 N–H and O–H groups in total. The molecule has 0 spiro atoms. The lowest BCUT2D eigenvalue weighted by Gasteiger charge is -2.29. The van der Waals surface area contributed by atoms with Gasteiger partial charge in [0.25, 0.3) is 0 Å². The maximum Gasteiger partial charge on any atom is 0.0789 e. The second-order valence-corrected chi connectivity index (χ2v) is 5.41. The predicted molar refractivity (Wildman–Crippen MR) is 73.2 cm³/mol. The minimum atomic E-state index is -0.731. The summed E-state index contributed by atoms with van der Waals surface area (Å²) in [5, 5.41) is 13.3. The fourth-order valence-electron chi connectivity index (χ4n) is 1.55. The van der Waals surface area contributed by atoms with Crippen molar-refractivity contribution < 1.29 is 5.11 Å². The fraction of sp³-hybridized carbons (Fsp3) is 0.571. The molecule has 1 aromatic carbocycles. The van der Waals surface area contributed by atoms with Crippen LogP contribution >= 0.6 is 0 Å². The van der Waals surface area contributed by atoms with E-state index in [0.717, 1.165) is 12.2 Å². The third-order valence-corrected chi connectivity index (χ3v) is 2.94. The van der Waals surface area contributed by atoms with Crippen molar-refractivity contribution in [2.45, 2.75) is 39.0 Å². The van der Waals surface area contributed by atoms with E-state index in [1.54, 1.807) is 0 Å². The van der Waals surface area contributed by atoms with Gasteiger partial charge in [-0.25, -0.2) is 0 Å². The van der Waals surface area contributed by atoms with E-state index < -0.39 is 5.60 Å². The summed E-state index contributed by atoms with van der Waals surface area (Å²) in [7, 11) is 4.10. The summed E-state index contributed by atoms with van der Waals surface area (Å²) in [6.45, 7) is 6.52. The monoisotopic (exact) mass is 236 g/mol. The van der Waals surface area contributed by atoms with Crippen molar-refractivity contribution in [2.75, 3.05) is 19.4 Å². The lowest BCUT2D eigenvalue weighted by atomic mass is 10.00. The molecule has 0 aliphatic rings. The zero-order valence-corrected chi connectivity index (χ0v) is 11.5. The van der Waals surface area contributed by atoms with Crippen molar-refractivity contribution in [3.05, 3.63) is 29.8 Å². The summed E-state index contributed by atoms with van der Waals surface area (Å²) in [5.74, 6) is 0. The van der Waals surface area contributed by atoms with Crippen molar-refractivity contribution >= 4 is 5.69 Å². The average molecular weight is 236 g/mol. The molecule has 0 fully saturated rings. The first kappa shape index (κ1) is 14.0. The second-order valence-electron chi connectivity index (χ2n) is 5.41. The number of hydrogen-bond donors (Lipinski definition) is 2. The topological polar surface area (TPSA) is 35.5 Å². The molecule has 3 heteroatoms. The number of hydrogen-bond acceptors (Lipinski definition) is 3. The highest BCUT2D eigenvalue weighted by molar-refractivity contribution is 5.52.